The maximum absolute atomic E-state index is 13.2. The molecule has 0 aliphatic carbocycles. The van der Waals surface area contributed by atoms with Crippen LogP contribution in [-0.4, -0.2) is 41.5 Å². The summed E-state index contributed by atoms with van der Waals surface area (Å²) in [5.41, 5.74) is 0. The Morgan fingerprint density at radius 1 is 0.971 bits per heavy atom. The molecule has 2 N–H and O–H groups in total. The van der Waals surface area contributed by atoms with E-state index in [2.05, 4.69) is 10.6 Å². The maximum atomic E-state index is 13.2. The van der Waals surface area contributed by atoms with Crippen molar-refractivity contribution in [3.8, 4) is 5.75 Å². The van der Waals surface area contributed by atoms with E-state index < -0.39 is 18.2 Å². The Morgan fingerprint density at radius 2 is 1.69 bits per heavy atom. The number of furan rings is 1. The number of rotatable bonds is 16. The number of para-hydroxylation sites is 1. The van der Waals surface area contributed by atoms with Gasteiger partial charge in [0.05, 0.1) is 23.8 Å². The Hall–Kier alpha value is -2.74. The van der Waals surface area contributed by atoms with Crippen molar-refractivity contribution in [2.45, 2.75) is 77.3 Å². The number of nitrogens with one attached hydrogen (secondary N) is 2. The summed E-state index contributed by atoms with van der Waals surface area (Å²) < 4.78 is 11.0. The summed E-state index contributed by atoms with van der Waals surface area (Å²) in [4.78, 5) is 38.9. The van der Waals surface area contributed by atoms with E-state index in [1.807, 2.05) is 51.1 Å². The van der Waals surface area contributed by atoms with E-state index in [1.165, 1.54) is 11.8 Å². The highest BCUT2D eigenvalue weighted by atomic mass is 32.2. The summed E-state index contributed by atoms with van der Waals surface area (Å²) in [6.07, 6.45) is 3.60. The Labute approximate surface area is 212 Å². The van der Waals surface area contributed by atoms with Gasteiger partial charge in [0, 0.05) is 0 Å². The van der Waals surface area contributed by atoms with Crippen molar-refractivity contribution in [1.82, 2.24) is 10.6 Å². The zero-order valence-electron chi connectivity index (χ0n) is 21.1. The number of unbranched alkanes of at least 4 members (excludes halogenated alkanes) is 1. The van der Waals surface area contributed by atoms with Gasteiger partial charge in [0.1, 0.15) is 17.6 Å². The Morgan fingerprint density at radius 3 is 2.31 bits per heavy atom. The number of ketones is 1. The molecule has 0 spiro atoms. The zero-order chi connectivity index (χ0) is 25.6. The van der Waals surface area contributed by atoms with E-state index in [-0.39, 0.29) is 29.3 Å². The van der Waals surface area contributed by atoms with Crippen molar-refractivity contribution in [3.05, 3.63) is 54.5 Å². The standard InChI is InChI=1S/C27H38N2O5S/c1-5-6-14-23(25(30)18-35-17-22-13-10-15-33-22)28-27(32)24(16-19(2)3)29-26(31)20(4)34-21-11-8-7-9-12-21/h7-13,15,19-20,23-24H,5-6,14,16-18H2,1-4H3,(H,28,32)(H,29,31)/t20?,23-,24-/m0/s1. The topological polar surface area (TPSA) is 97.6 Å². The second-order valence-corrected chi connectivity index (χ2v) is 9.99. The third kappa shape index (κ3) is 10.6. The van der Waals surface area contributed by atoms with Gasteiger partial charge >= 0.3 is 0 Å². The first-order valence-corrected chi connectivity index (χ1v) is 13.4. The first-order chi connectivity index (χ1) is 16.8. The van der Waals surface area contributed by atoms with E-state index in [0.717, 1.165) is 18.6 Å². The first-order valence-electron chi connectivity index (χ1n) is 12.2. The molecule has 2 rings (SSSR count). The third-order valence-electron chi connectivity index (χ3n) is 5.39. The van der Waals surface area contributed by atoms with Crippen molar-refractivity contribution < 1.29 is 23.5 Å². The number of ether oxygens (including phenoxy) is 1. The van der Waals surface area contributed by atoms with Crippen LogP contribution in [0.25, 0.3) is 0 Å². The molecule has 192 valence electrons. The van der Waals surface area contributed by atoms with Crippen molar-refractivity contribution in [2.24, 2.45) is 5.92 Å². The number of amides is 2. The molecule has 1 aromatic heterocycles. The maximum Gasteiger partial charge on any atom is 0.261 e. The third-order valence-corrected chi connectivity index (χ3v) is 6.36. The van der Waals surface area contributed by atoms with Crippen LogP contribution in [0.3, 0.4) is 0 Å². The van der Waals surface area contributed by atoms with Crippen molar-refractivity contribution in [2.75, 3.05) is 5.75 Å². The SMILES string of the molecule is CCCC[C@H](NC(=O)[C@H](CC(C)C)NC(=O)C(C)Oc1ccccc1)C(=O)CSCc1ccco1. The lowest BCUT2D eigenvalue weighted by atomic mass is 10.0. The Kier molecular flexibility index (Phi) is 12.5. The fourth-order valence-corrected chi connectivity index (χ4v) is 4.36. The van der Waals surface area contributed by atoms with Gasteiger partial charge in [-0.2, -0.15) is 0 Å². The predicted octanol–water partition coefficient (Wildman–Crippen LogP) is 4.76. The Balaban J connectivity index is 1.98. The normalized spacial score (nSPS) is 13.6. The molecule has 0 fully saturated rings. The molecular weight excluding hydrogens is 464 g/mol. The number of benzene rings is 1. The van der Waals surface area contributed by atoms with E-state index in [4.69, 9.17) is 9.15 Å². The highest BCUT2D eigenvalue weighted by Gasteiger charge is 2.28. The van der Waals surface area contributed by atoms with E-state index in [9.17, 15) is 14.4 Å². The molecule has 2 aromatic rings. The molecule has 1 unspecified atom stereocenters. The minimum absolute atomic E-state index is 0.0289. The number of carbonyl (C=O) groups excluding carboxylic acids is 3. The highest BCUT2D eigenvalue weighted by Crippen LogP contribution is 2.15. The molecule has 1 aromatic carbocycles. The summed E-state index contributed by atoms with van der Waals surface area (Å²) in [5.74, 6) is 1.69. The smallest absolute Gasteiger partial charge is 0.261 e. The second-order valence-electron chi connectivity index (χ2n) is 9.01. The van der Waals surface area contributed by atoms with Gasteiger partial charge < -0.3 is 19.8 Å². The van der Waals surface area contributed by atoms with E-state index in [0.29, 0.717) is 24.3 Å². The van der Waals surface area contributed by atoms with Gasteiger partial charge in [-0.1, -0.05) is 51.8 Å². The van der Waals surface area contributed by atoms with Crippen LogP contribution in [-0.2, 0) is 20.1 Å². The van der Waals surface area contributed by atoms with E-state index >= 15 is 0 Å². The van der Waals surface area contributed by atoms with Crippen LogP contribution in [0.1, 0.15) is 59.1 Å². The molecule has 0 aliphatic heterocycles. The molecule has 0 saturated heterocycles. The lowest BCUT2D eigenvalue weighted by Crippen LogP contribution is -2.54. The number of Topliss-reactive ketones (excluding diaryl/α,β-unsaturated/α-hetero) is 1. The first kappa shape index (κ1) is 28.5. The van der Waals surface area contributed by atoms with E-state index in [1.54, 1.807) is 25.3 Å². The minimum atomic E-state index is -0.768. The molecule has 2 amide bonds. The molecule has 0 saturated carbocycles. The van der Waals surface area contributed by atoms with Crippen LogP contribution in [0.15, 0.2) is 53.1 Å². The van der Waals surface area contributed by atoms with Gasteiger partial charge in [-0.3, -0.25) is 14.4 Å². The van der Waals surface area contributed by atoms with Crippen LogP contribution in [0.4, 0.5) is 0 Å². The van der Waals surface area contributed by atoms with Crippen LogP contribution in [0.2, 0.25) is 0 Å². The summed E-state index contributed by atoms with van der Waals surface area (Å²) in [5, 5.41) is 5.74. The molecule has 0 radical (unpaired) electrons. The molecule has 3 atom stereocenters. The highest BCUT2D eigenvalue weighted by molar-refractivity contribution is 7.99. The molecule has 8 heteroatoms. The molecule has 1 heterocycles. The van der Waals surface area contributed by atoms with Gasteiger partial charge in [-0.05, 0) is 49.9 Å². The van der Waals surface area contributed by atoms with Crippen molar-refractivity contribution >= 4 is 29.4 Å². The number of hydrogen-bond donors (Lipinski definition) is 2. The minimum Gasteiger partial charge on any atom is -0.481 e. The summed E-state index contributed by atoms with van der Waals surface area (Å²) >= 11 is 1.46. The van der Waals surface area contributed by atoms with Gasteiger partial charge in [0.2, 0.25) is 5.91 Å². The van der Waals surface area contributed by atoms with Gasteiger partial charge in [0.15, 0.2) is 11.9 Å². The lowest BCUT2D eigenvalue weighted by Gasteiger charge is -2.25. The lowest BCUT2D eigenvalue weighted by molar-refractivity contribution is -0.134. The van der Waals surface area contributed by atoms with Gasteiger partial charge in [-0.15, -0.1) is 11.8 Å². The average Bonchev–Trinajstić information content (AvgIpc) is 3.35. The number of carbonyl (C=O) groups is 3. The quantitative estimate of drug-likeness (QED) is 0.344. The zero-order valence-corrected chi connectivity index (χ0v) is 21.9. The molecule has 35 heavy (non-hydrogen) atoms. The molecule has 7 nitrogen and oxygen atoms in total. The van der Waals surface area contributed by atoms with Crippen molar-refractivity contribution in [1.29, 1.82) is 0 Å². The fraction of sp³-hybridized carbons (Fsp3) is 0.519. The monoisotopic (exact) mass is 502 g/mol. The number of thioether (sulfide) groups is 1. The molecular formula is C27H38N2O5S. The largest absolute Gasteiger partial charge is 0.481 e. The van der Waals surface area contributed by atoms with Crippen molar-refractivity contribution in [3.63, 3.8) is 0 Å². The predicted molar refractivity (Wildman–Crippen MR) is 139 cm³/mol. The average molecular weight is 503 g/mol. The molecule has 0 bridgehead atoms. The summed E-state index contributed by atoms with van der Waals surface area (Å²) in [6.45, 7) is 7.67. The fourth-order valence-electron chi connectivity index (χ4n) is 3.49. The second kappa shape index (κ2) is 15.3. The van der Waals surface area contributed by atoms with Crippen LogP contribution >= 0.6 is 11.8 Å². The van der Waals surface area contributed by atoms with Crippen LogP contribution in [0, 0.1) is 5.92 Å². The molecule has 0 aliphatic rings. The van der Waals surface area contributed by atoms with Gasteiger partial charge in [-0.25, -0.2) is 0 Å². The summed E-state index contributed by atoms with van der Waals surface area (Å²) in [7, 11) is 0. The summed E-state index contributed by atoms with van der Waals surface area (Å²) in [6, 6.07) is 11.4. The number of hydrogen-bond acceptors (Lipinski definition) is 6. The van der Waals surface area contributed by atoms with Gasteiger partial charge in [0.25, 0.3) is 5.91 Å². The van der Waals surface area contributed by atoms with Crippen LogP contribution < -0.4 is 15.4 Å². The van der Waals surface area contributed by atoms with Crippen LogP contribution in [0.5, 0.6) is 5.75 Å². The Bertz CT molecular complexity index is 902.